The van der Waals surface area contributed by atoms with Crippen LogP contribution in [-0.2, 0) is 10.0 Å². The van der Waals surface area contributed by atoms with E-state index in [-0.39, 0.29) is 11.9 Å². The van der Waals surface area contributed by atoms with E-state index in [1.807, 2.05) is 38.1 Å². The van der Waals surface area contributed by atoms with Crippen LogP contribution in [0, 0.1) is 13.8 Å². The average Bonchev–Trinajstić information content (AvgIpc) is 2.48. The predicted octanol–water partition coefficient (Wildman–Crippen LogP) is 3.17. The molecule has 0 aliphatic rings. The molecule has 1 atom stereocenters. The molecule has 0 spiro atoms. The number of anilines is 1. The molecule has 0 fully saturated rings. The second-order valence-corrected chi connectivity index (χ2v) is 7.76. The van der Waals surface area contributed by atoms with E-state index >= 15 is 0 Å². The lowest BCUT2D eigenvalue weighted by molar-refractivity contribution is 0.0940. The molecule has 6 heteroatoms. The highest BCUT2D eigenvalue weighted by molar-refractivity contribution is 7.92. The molecule has 0 saturated carbocycles. The van der Waals surface area contributed by atoms with Gasteiger partial charge in [0.2, 0.25) is 10.0 Å². The monoisotopic (exact) mass is 346 g/mol. The topological polar surface area (TPSA) is 75.3 Å². The molecule has 0 bridgehead atoms. The molecule has 0 aliphatic carbocycles. The smallest absolute Gasteiger partial charge is 0.251 e. The molecular weight excluding hydrogens is 324 g/mol. The summed E-state index contributed by atoms with van der Waals surface area (Å²) >= 11 is 0. The van der Waals surface area contributed by atoms with Crippen LogP contribution in [0.2, 0.25) is 0 Å². The van der Waals surface area contributed by atoms with E-state index < -0.39 is 10.0 Å². The Labute approximate surface area is 143 Å². The molecule has 0 aromatic heterocycles. The molecule has 2 N–H and O–H groups in total. The number of nitrogens with one attached hydrogen (secondary N) is 2. The fraction of sp³-hybridized carbons (Fsp3) is 0.278. The molecule has 2 rings (SSSR count). The van der Waals surface area contributed by atoms with E-state index in [9.17, 15) is 13.2 Å². The van der Waals surface area contributed by atoms with Crippen molar-refractivity contribution in [3.05, 3.63) is 64.7 Å². The lowest BCUT2D eigenvalue weighted by Crippen LogP contribution is -2.26. The van der Waals surface area contributed by atoms with E-state index in [2.05, 4.69) is 10.0 Å². The van der Waals surface area contributed by atoms with Crippen LogP contribution >= 0.6 is 0 Å². The number of sulfonamides is 1. The first-order chi connectivity index (χ1) is 11.2. The Morgan fingerprint density at radius 1 is 1.04 bits per heavy atom. The summed E-state index contributed by atoms with van der Waals surface area (Å²) in [5.74, 6) is -0.197. The molecule has 0 heterocycles. The largest absolute Gasteiger partial charge is 0.346 e. The Balaban J connectivity index is 2.12. The molecule has 0 unspecified atom stereocenters. The normalized spacial score (nSPS) is 12.5. The minimum Gasteiger partial charge on any atom is -0.346 e. The first-order valence-electron chi connectivity index (χ1n) is 7.61. The van der Waals surface area contributed by atoms with E-state index in [0.717, 1.165) is 11.8 Å². The summed E-state index contributed by atoms with van der Waals surface area (Å²) in [5, 5.41) is 2.95. The molecule has 5 nitrogen and oxygen atoms in total. The Morgan fingerprint density at radius 3 is 2.21 bits per heavy atom. The van der Waals surface area contributed by atoms with Crippen molar-refractivity contribution in [2.24, 2.45) is 0 Å². The number of rotatable bonds is 5. The summed E-state index contributed by atoms with van der Waals surface area (Å²) in [7, 11) is -3.34. The van der Waals surface area contributed by atoms with Gasteiger partial charge in [-0.25, -0.2) is 8.42 Å². The van der Waals surface area contributed by atoms with Crippen LogP contribution in [0.15, 0.2) is 42.5 Å². The Kier molecular flexibility index (Phi) is 5.29. The number of carbonyl (C=O) groups is 1. The summed E-state index contributed by atoms with van der Waals surface area (Å²) in [6.45, 7) is 5.70. The van der Waals surface area contributed by atoms with Gasteiger partial charge >= 0.3 is 0 Å². The van der Waals surface area contributed by atoms with Crippen molar-refractivity contribution in [3.63, 3.8) is 0 Å². The third-order valence-corrected chi connectivity index (χ3v) is 4.30. The summed E-state index contributed by atoms with van der Waals surface area (Å²) in [5.41, 5.74) is 3.85. The maximum atomic E-state index is 12.4. The van der Waals surface area contributed by atoms with E-state index in [1.165, 1.54) is 5.56 Å². The molecular formula is C18H22N2O3S. The standard InChI is InChI=1S/C18H22N2O3S/c1-12-5-7-15(8-6-12)14(3)19-18(21)16-9-10-17(13(2)11-16)20-24(4,22)23/h5-11,14,20H,1-4H3,(H,19,21)/t14-/m1/s1. The molecule has 2 aromatic carbocycles. The zero-order valence-electron chi connectivity index (χ0n) is 14.3. The second-order valence-electron chi connectivity index (χ2n) is 6.01. The van der Waals surface area contributed by atoms with Gasteiger partial charge in [-0.1, -0.05) is 29.8 Å². The van der Waals surface area contributed by atoms with Crippen LogP contribution in [-0.4, -0.2) is 20.6 Å². The van der Waals surface area contributed by atoms with Crippen LogP contribution in [0.5, 0.6) is 0 Å². The van der Waals surface area contributed by atoms with Crippen LogP contribution in [0.3, 0.4) is 0 Å². The molecule has 128 valence electrons. The highest BCUT2D eigenvalue weighted by Crippen LogP contribution is 2.19. The van der Waals surface area contributed by atoms with Crippen molar-refractivity contribution in [1.82, 2.24) is 5.32 Å². The van der Waals surface area contributed by atoms with E-state index in [0.29, 0.717) is 16.8 Å². The summed E-state index contributed by atoms with van der Waals surface area (Å²) < 4.78 is 25.0. The van der Waals surface area contributed by atoms with Crippen molar-refractivity contribution in [1.29, 1.82) is 0 Å². The molecule has 1 amide bonds. The number of carbonyl (C=O) groups excluding carboxylic acids is 1. The minimum atomic E-state index is -3.34. The van der Waals surface area contributed by atoms with Crippen molar-refractivity contribution in [2.45, 2.75) is 26.8 Å². The summed E-state index contributed by atoms with van der Waals surface area (Å²) in [4.78, 5) is 12.4. The second kappa shape index (κ2) is 7.05. The van der Waals surface area contributed by atoms with Crippen molar-refractivity contribution in [3.8, 4) is 0 Å². The third kappa shape index (κ3) is 4.83. The highest BCUT2D eigenvalue weighted by Gasteiger charge is 2.13. The summed E-state index contributed by atoms with van der Waals surface area (Å²) in [6, 6.07) is 12.8. The zero-order chi connectivity index (χ0) is 17.9. The quantitative estimate of drug-likeness (QED) is 0.873. The van der Waals surface area contributed by atoms with Gasteiger partial charge in [-0.2, -0.15) is 0 Å². The maximum absolute atomic E-state index is 12.4. The lowest BCUT2D eigenvalue weighted by atomic mass is 10.1. The van der Waals surface area contributed by atoms with Crippen molar-refractivity contribution < 1.29 is 13.2 Å². The van der Waals surface area contributed by atoms with E-state index in [4.69, 9.17) is 0 Å². The lowest BCUT2D eigenvalue weighted by Gasteiger charge is -2.15. The van der Waals surface area contributed by atoms with Gasteiger partial charge in [0.1, 0.15) is 0 Å². The molecule has 24 heavy (non-hydrogen) atoms. The van der Waals surface area contributed by atoms with Crippen LogP contribution in [0.25, 0.3) is 0 Å². The van der Waals surface area contributed by atoms with Gasteiger partial charge in [0.15, 0.2) is 0 Å². The number of amides is 1. The Bertz CT molecular complexity index is 843. The maximum Gasteiger partial charge on any atom is 0.251 e. The van der Waals surface area contributed by atoms with Crippen molar-refractivity contribution in [2.75, 3.05) is 11.0 Å². The molecule has 0 aliphatic heterocycles. The van der Waals surface area contributed by atoms with Gasteiger partial charge in [0.25, 0.3) is 5.91 Å². The first-order valence-corrected chi connectivity index (χ1v) is 9.51. The van der Waals surface area contributed by atoms with Crippen molar-refractivity contribution >= 4 is 21.6 Å². The fourth-order valence-corrected chi connectivity index (χ4v) is 2.97. The average molecular weight is 346 g/mol. The third-order valence-electron chi connectivity index (χ3n) is 3.71. The van der Waals surface area contributed by atoms with Gasteiger partial charge in [-0.05, 0) is 50.1 Å². The van der Waals surface area contributed by atoms with Gasteiger partial charge < -0.3 is 5.32 Å². The highest BCUT2D eigenvalue weighted by atomic mass is 32.2. The van der Waals surface area contributed by atoms with Gasteiger partial charge in [-0.3, -0.25) is 9.52 Å². The SMILES string of the molecule is Cc1ccc([C@@H](C)NC(=O)c2ccc(NS(C)(=O)=O)c(C)c2)cc1. The van der Waals surface area contributed by atoms with Crippen LogP contribution in [0.4, 0.5) is 5.69 Å². The zero-order valence-corrected chi connectivity index (χ0v) is 15.1. The molecule has 0 radical (unpaired) electrons. The Hall–Kier alpha value is -2.34. The van der Waals surface area contributed by atoms with Crippen LogP contribution in [0.1, 0.15) is 40.0 Å². The summed E-state index contributed by atoms with van der Waals surface area (Å²) in [6.07, 6.45) is 1.09. The van der Waals surface area contributed by atoms with Gasteiger partial charge in [-0.15, -0.1) is 0 Å². The molecule has 2 aromatic rings. The van der Waals surface area contributed by atoms with Gasteiger partial charge in [0.05, 0.1) is 18.0 Å². The fourth-order valence-electron chi connectivity index (χ4n) is 2.34. The number of hydrogen-bond acceptors (Lipinski definition) is 3. The number of hydrogen-bond donors (Lipinski definition) is 2. The number of aryl methyl sites for hydroxylation is 2. The Morgan fingerprint density at radius 2 is 1.67 bits per heavy atom. The van der Waals surface area contributed by atoms with Crippen LogP contribution < -0.4 is 10.0 Å². The minimum absolute atomic E-state index is 0.118. The van der Waals surface area contributed by atoms with E-state index in [1.54, 1.807) is 25.1 Å². The predicted molar refractivity (Wildman–Crippen MR) is 96.7 cm³/mol. The molecule has 0 saturated heterocycles. The first kappa shape index (κ1) is 18.0. The van der Waals surface area contributed by atoms with Gasteiger partial charge in [0, 0.05) is 5.56 Å². The number of benzene rings is 2.